The molecule has 0 bridgehead atoms. The van der Waals surface area contributed by atoms with E-state index in [-0.39, 0.29) is 0 Å². The molecule has 4 nitrogen and oxygen atoms in total. The lowest BCUT2D eigenvalue weighted by molar-refractivity contribution is 0.863. The number of aromatic nitrogens is 3. The number of H-pyrrole nitrogens is 1. The van der Waals surface area contributed by atoms with E-state index < -0.39 is 0 Å². The zero-order valence-electron chi connectivity index (χ0n) is 7.47. The second-order valence-electron chi connectivity index (χ2n) is 2.70. The molecule has 0 unspecified atom stereocenters. The Morgan fingerprint density at radius 2 is 2.50 bits per heavy atom. The van der Waals surface area contributed by atoms with Crippen LogP contribution >= 0.6 is 23.6 Å². The average molecular weight is 224 g/mol. The van der Waals surface area contributed by atoms with Crippen molar-refractivity contribution in [2.24, 2.45) is 5.10 Å². The Bertz CT molecular complexity index is 505. The van der Waals surface area contributed by atoms with E-state index in [4.69, 9.17) is 12.2 Å². The summed E-state index contributed by atoms with van der Waals surface area (Å²) in [5.41, 5.74) is 0. The van der Waals surface area contributed by atoms with Gasteiger partial charge in [0.15, 0.2) is 0 Å². The molecule has 72 valence electrons. The summed E-state index contributed by atoms with van der Waals surface area (Å²) in [4.78, 5) is 2.37. The van der Waals surface area contributed by atoms with E-state index in [0.29, 0.717) is 4.77 Å². The molecule has 2 heterocycles. The van der Waals surface area contributed by atoms with Gasteiger partial charge in [-0.1, -0.05) is 0 Å². The van der Waals surface area contributed by atoms with Crippen molar-refractivity contribution in [3.8, 4) is 0 Å². The third kappa shape index (κ3) is 1.97. The van der Waals surface area contributed by atoms with Crippen molar-refractivity contribution in [2.75, 3.05) is 0 Å². The number of thiophene rings is 1. The minimum absolute atomic E-state index is 0.495. The maximum atomic E-state index is 4.94. The van der Waals surface area contributed by atoms with Crippen LogP contribution in [0.3, 0.4) is 0 Å². The molecule has 14 heavy (non-hydrogen) atoms. The highest BCUT2D eigenvalue weighted by Gasteiger charge is 1.92. The predicted molar refractivity (Wildman–Crippen MR) is 59.5 cm³/mol. The number of hydrogen-bond acceptors (Lipinski definition) is 4. The molecule has 0 aliphatic rings. The van der Waals surface area contributed by atoms with E-state index in [1.54, 1.807) is 23.9 Å². The Kier molecular flexibility index (Phi) is 2.55. The number of hydrogen-bond donors (Lipinski definition) is 1. The summed E-state index contributed by atoms with van der Waals surface area (Å²) in [5, 5.41) is 10.5. The first-order valence-corrected chi connectivity index (χ1v) is 5.21. The van der Waals surface area contributed by atoms with Gasteiger partial charge in [0.25, 0.3) is 0 Å². The van der Waals surface area contributed by atoms with Gasteiger partial charge in [0, 0.05) is 9.75 Å². The number of nitrogens with zero attached hydrogens (tertiary/aromatic N) is 3. The number of aromatic amines is 1. The lowest BCUT2D eigenvalue weighted by Crippen LogP contribution is -1.86. The molecule has 2 aromatic rings. The molecule has 0 saturated carbocycles. The molecule has 0 aliphatic heterocycles. The minimum atomic E-state index is 0.495. The van der Waals surface area contributed by atoms with Crippen LogP contribution in [0.1, 0.15) is 9.75 Å². The molecular formula is C8H8N4S2. The van der Waals surface area contributed by atoms with Crippen LogP contribution in [-0.2, 0) is 0 Å². The number of nitrogens with one attached hydrogen (secondary N) is 1. The molecule has 0 aliphatic carbocycles. The highest BCUT2D eigenvalue weighted by molar-refractivity contribution is 7.71. The van der Waals surface area contributed by atoms with Crippen LogP contribution in [0.5, 0.6) is 0 Å². The highest BCUT2D eigenvalue weighted by atomic mass is 32.1. The molecule has 0 aromatic carbocycles. The van der Waals surface area contributed by atoms with Gasteiger partial charge in [-0.05, 0) is 31.3 Å². The normalized spacial score (nSPS) is 11.2. The molecule has 0 amide bonds. The van der Waals surface area contributed by atoms with Crippen molar-refractivity contribution >= 4 is 29.8 Å². The standard InChI is InChI=1S/C8H8N4S2/c1-6-2-3-7(14-6)4-10-12-5-9-11-8(12)13/h2-5H,1H3,(H,11,13)/b10-4-. The van der Waals surface area contributed by atoms with Crippen LogP contribution in [0.25, 0.3) is 0 Å². The van der Waals surface area contributed by atoms with E-state index in [0.717, 1.165) is 4.88 Å². The van der Waals surface area contributed by atoms with Crippen LogP contribution < -0.4 is 0 Å². The van der Waals surface area contributed by atoms with Gasteiger partial charge in [0.2, 0.25) is 4.77 Å². The maximum Gasteiger partial charge on any atom is 0.216 e. The SMILES string of the molecule is Cc1ccc(/C=N\n2cn[nH]c2=S)s1. The van der Waals surface area contributed by atoms with E-state index in [1.807, 2.05) is 6.07 Å². The molecule has 1 N–H and O–H groups in total. The fourth-order valence-corrected chi connectivity index (χ4v) is 1.86. The topological polar surface area (TPSA) is 46.0 Å². The molecule has 2 rings (SSSR count). The van der Waals surface area contributed by atoms with Crippen LogP contribution in [0.4, 0.5) is 0 Å². The van der Waals surface area contributed by atoms with E-state index >= 15 is 0 Å². The molecule has 2 aromatic heterocycles. The minimum Gasteiger partial charge on any atom is -0.250 e. The van der Waals surface area contributed by atoms with Crippen LogP contribution in [-0.4, -0.2) is 21.1 Å². The summed E-state index contributed by atoms with van der Waals surface area (Å²) in [7, 11) is 0. The molecule has 0 fully saturated rings. The molecule has 6 heteroatoms. The summed E-state index contributed by atoms with van der Waals surface area (Å²) in [6.45, 7) is 2.06. The maximum absolute atomic E-state index is 4.94. The lowest BCUT2D eigenvalue weighted by atomic mass is 10.4. The zero-order valence-corrected chi connectivity index (χ0v) is 9.10. The van der Waals surface area contributed by atoms with Gasteiger partial charge in [-0.3, -0.25) is 5.10 Å². The van der Waals surface area contributed by atoms with Crippen molar-refractivity contribution in [2.45, 2.75) is 6.92 Å². The monoisotopic (exact) mass is 224 g/mol. The van der Waals surface area contributed by atoms with Crippen LogP contribution in [0.2, 0.25) is 0 Å². The molecule has 0 spiro atoms. The Hall–Kier alpha value is -1.27. The van der Waals surface area contributed by atoms with Gasteiger partial charge in [0.05, 0.1) is 6.21 Å². The van der Waals surface area contributed by atoms with E-state index in [9.17, 15) is 0 Å². The Morgan fingerprint density at radius 3 is 3.07 bits per heavy atom. The first-order chi connectivity index (χ1) is 6.75. The average Bonchev–Trinajstić information content (AvgIpc) is 2.72. The van der Waals surface area contributed by atoms with Crippen molar-refractivity contribution in [1.29, 1.82) is 0 Å². The Balaban J connectivity index is 2.23. The molecular weight excluding hydrogens is 216 g/mol. The number of rotatable bonds is 2. The van der Waals surface area contributed by atoms with Gasteiger partial charge in [-0.15, -0.1) is 11.3 Å². The third-order valence-electron chi connectivity index (χ3n) is 1.61. The fraction of sp³-hybridized carbons (Fsp3) is 0.125. The second-order valence-corrected chi connectivity index (χ2v) is 4.41. The van der Waals surface area contributed by atoms with Gasteiger partial charge in [0.1, 0.15) is 6.33 Å². The smallest absolute Gasteiger partial charge is 0.216 e. The van der Waals surface area contributed by atoms with E-state index in [1.165, 1.54) is 9.55 Å². The highest BCUT2D eigenvalue weighted by Crippen LogP contribution is 2.12. The van der Waals surface area contributed by atoms with Crippen molar-refractivity contribution in [1.82, 2.24) is 14.9 Å². The Labute approximate surface area is 89.9 Å². The summed E-state index contributed by atoms with van der Waals surface area (Å²) < 4.78 is 2.01. The van der Waals surface area contributed by atoms with Crippen LogP contribution in [0.15, 0.2) is 23.6 Å². The summed E-state index contributed by atoms with van der Waals surface area (Å²) in [6.07, 6.45) is 3.31. The van der Waals surface area contributed by atoms with Gasteiger partial charge in [-0.25, -0.2) is 0 Å². The van der Waals surface area contributed by atoms with Gasteiger partial charge in [-0.2, -0.15) is 14.9 Å². The lowest BCUT2D eigenvalue weighted by Gasteiger charge is -1.87. The molecule has 0 atom stereocenters. The number of aryl methyl sites for hydroxylation is 1. The molecule has 0 saturated heterocycles. The van der Waals surface area contributed by atoms with Gasteiger partial charge < -0.3 is 0 Å². The zero-order chi connectivity index (χ0) is 9.97. The first-order valence-electron chi connectivity index (χ1n) is 3.98. The second kappa shape index (κ2) is 3.85. The third-order valence-corrected chi connectivity index (χ3v) is 2.82. The fourth-order valence-electron chi connectivity index (χ4n) is 0.967. The summed E-state index contributed by atoms with van der Waals surface area (Å²) in [5.74, 6) is 0. The first kappa shape index (κ1) is 9.29. The Morgan fingerprint density at radius 1 is 1.64 bits per heavy atom. The quantitative estimate of drug-likeness (QED) is 0.628. The van der Waals surface area contributed by atoms with Crippen molar-refractivity contribution in [3.05, 3.63) is 33.0 Å². The largest absolute Gasteiger partial charge is 0.250 e. The van der Waals surface area contributed by atoms with E-state index in [2.05, 4.69) is 28.3 Å². The van der Waals surface area contributed by atoms with Crippen molar-refractivity contribution in [3.63, 3.8) is 0 Å². The predicted octanol–water partition coefficient (Wildman–Crippen LogP) is 2.19. The van der Waals surface area contributed by atoms with Crippen LogP contribution in [0, 0.1) is 11.7 Å². The molecule has 0 radical (unpaired) electrons. The summed E-state index contributed by atoms with van der Waals surface area (Å²) in [6, 6.07) is 4.08. The van der Waals surface area contributed by atoms with Crippen molar-refractivity contribution < 1.29 is 0 Å². The van der Waals surface area contributed by atoms with Gasteiger partial charge >= 0.3 is 0 Å². The summed E-state index contributed by atoms with van der Waals surface area (Å²) >= 11 is 6.63.